The lowest BCUT2D eigenvalue weighted by Crippen LogP contribution is -2.43. The third kappa shape index (κ3) is 4.03. The number of carboxylic acids is 1. The van der Waals surface area contributed by atoms with Crippen LogP contribution in [0.15, 0.2) is 35.2 Å². The van der Waals surface area contributed by atoms with Crippen molar-refractivity contribution >= 4 is 16.0 Å². The van der Waals surface area contributed by atoms with Crippen molar-refractivity contribution in [3.63, 3.8) is 0 Å². The number of aliphatic carboxylic acids is 1. The molecule has 0 aliphatic carbocycles. The summed E-state index contributed by atoms with van der Waals surface area (Å²) in [5, 5.41) is 18.1. The van der Waals surface area contributed by atoms with E-state index in [-0.39, 0.29) is 24.5 Å². The summed E-state index contributed by atoms with van der Waals surface area (Å²) in [6, 6.07) is 7.17. The minimum absolute atomic E-state index is 0.0947. The molecule has 0 bridgehead atoms. The Morgan fingerprint density at radius 2 is 1.90 bits per heavy atom. The summed E-state index contributed by atoms with van der Waals surface area (Å²) in [5.74, 6) is -1.08. The lowest BCUT2D eigenvalue weighted by molar-refractivity contribution is -0.137. The van der Waals surface area contributed by atoms with Crippen LogP contribution in [0.3, 0.4) is 0 Å². The first kappa shape index (κ1) is 16.6. The Hall–Kier alpha value is -1.44. The monoisotopic (exact) mass is 301 g/mol. The van der Waals surface area contributed by atoms with E-state index in [0.29, 0.717) is 6.42 Å². The van der Waals surface area contributed by atoms with E-state index in [1.807, 2.05) is 0 Å². The second kappa shape index (κ2) is 7.37. The van der Waals surface area contributed by atoms with Gasteiger partial charge in [-0.3, -0.25) is 4.79 Å². The molecule has 1 aromatic carbocycles. The molecule has 0 aliphatic rings. The molecule has 1 rings (SSSR count). The maximum absolute atomic E-state index is 12.5. The highest BCUT2D eigenvalue weighted by Gasteiger charge is 2.30. The Morgan fingerprint density at radius 3 is 2.35 bits per heavy atom. The minimum atomic E-state index is -3.81. The van der Waals surface area contributed by atoms with Crippen LogP contribution in [0.4, 0.5) is 0 Å². The Balaban J connectivity index is 3.11. The van der Waals surface area contributed by atoms with Crippen LogP contribution in [0.1, 0.15) is 19.8 Å². The average molecular weight is 301 g/mol. The molecule has 7 heteroatoms. The number of hydrogen-bond acceptors (Lipinski definition) is 4. The van der Waals surface area contributed by atoms with Gasteiger partial charge in [-0.15, -0.1) is 0 Å². The van der Waals surface area contributed by atoms with Crippen LogP contribution in [0, 0.1) is 0 Å². The molecule has 1 atom stereocenters. The van der Waals surface area contributed by atoms with Crippen LogP contribution >= 0.6 is 0 Å². The second-order valence-electron chi connectivity index (χ2n) is 4.32. The van der Waals surface area contributed by atoms with E-state index in [9.17, 15) is 18.3 Å². The summed E-state index contributed by atoms with van der Waals surface area (Å²) < 4.78 is 26.1. The minimum Gasteiger partial charge on any atom is -0.481 e. The van der Waals surface area contributed by atoms with E-state index in [2.05, 4.69) is 0 Å². The zero-order valence-electron chi connectivity index (χ0n) is 11.3. The normalized spacial score (nSPS) is 13.3. The number of carbonyl (C=O) groups is 1. The van der Waals surface area contributed by atoms with Gasteiger partial charge in [0, 0.05) is 12.6 Å². The second-order valence-corrected chi connectivity index (χ2v) is 6.21. The van der Waals surface area contributed by atoms with Crippen molar-refractivity contribution in [2.45, 2.75) is 30.7 Å². The van der Waals surface area contributed by atoms with Crippen molar-refractivity contribution in [2.24, 2.45) is 0 Å². The summed E-state index contributed by atoms with van der Waals surface area (Å²) in [6.45, 7) is 1.24. The lowest BCUT2D eigenvalue weighted by Gasteiger charge is -2.28. The summed E-state index contributed by atoms with van der Waals surface area (Å²) in [4.78, 5) is 10.8. The lowest BCUT2D eigenvalue weighted by atomic mass is 10.2. The van der Waals surface area contributed by atoms with Crippen LogP contribution in [-0.4, -0.2) is 48.1 Å². The van der Waals surface area contributed by atoms with Crippen molar-refractivity contribution in [3.05, 3.63) is 30.3 Å². The first-order valence-electron chi connectivity index (χ1n) is 6.33. The Morgan fingerprint density at radius 1 is 1.30 bits per heavy atom. The quantitative estimate of drug-likeness (QED) is 0.744. The van der Waals surface area contributed by atoms with Gasteiger partial charge in [0.25, 0.3) is 0 Å². The molecular weight excluding hydrogens is 282 g/mol. The summed E-state index contributed by atoms with van der Waals surface area (Å²) >= 11 is 0. The maximum atomic E-state index is 12.5. The van der Waals surface area contributed by atoms with Gasteiger partial charge >= 0.3 is 5.97 Å². The smallest absolute Gasteiger partial charge is 0.304 e. The highest BCUT2D eigenvalue weighted by molar-refractivity contribution is 7.89. The molecule has 0 saturated heterocycles. The predicted octanol–water partition coefficient (Wildman–Crippen LogP) is 0.923. The van der Waals surface area contributed by atoms with Gasteiger partial charge in [0.2, 0.25) is 10.0 Å². The molecule has 0 radical (unpaired) electrons. The van der Waals surface area contributed by atoms with Gasteiger partial charge in [0.1, 0.15) is 0 Å². The number of carboxylic acid groups (broad SMARTS) is 1. The number of nitrogens with zero attached hydrogens (tertiary/aromatic N) is 1. The first-order chi connectivity index (χ1) is 9.43. The standard InChI is InChI=1S/C13H19NO5S/c1-2-11(10-15)14(9-8-13(16)17)20(18,19)12-6-4-3-5-7-12/h3-7,11,15H,2,8-10H2,1H3,(H,16,17). The molecule has 20 heavy (non-hydrogen) atoms. The number of rotatable bonds is 8. The van der Waals surface area contributed by atoms with Gasteiger partial charge in [-0.25, -0.2) is 8.42 Å². The molecule has 0 amide bonds. The van der Waals surface area contributed by atoms with Gasteiger partial charge in [-0.05, 0) is 18.6 Å². The molecule has 1 unspecified atom stereocenters. The van der Waals surface area contributed by atoms with Crippen LogP contribution in [0.5, 0.6) is 0 Å². The molecule has 0 fully saturated rings. The summed E-state index contributed by atoms with van der Waals surface area (Å²) in [7, 11) is -3.81. The van der Waals surface area contributed by atoms with Crippen LogP contribution in [0.25, 0.3) is 0 Å². The molecule has 2 N–H and O–H groups in total. The molecule has 1 aromatic rings. The average Bonchev–Trinajstić information content (AvgIpc) is 2.44. The van der Waals surface area contributed by atoms with E-state index in [1.165, 1.54) is 12.1 Å². The molecular formula is C13H19NO5S. The third-order valence-electron chi connectivity index (χ3n) is 2.99. The summed E-state index contributed by atoms with van der Waals surface area (Å²) in [6.07, 6.45) is 0.102. The van der Waals surface area contributed by atoms with Crippen molar-refractivity contribution < 1.29 is 23.4 Å². The molecule has 0 saturated carbocycles. The van der Waals surface area contributed by atoms with E-state index < -0.39 is 22.0 Å². The van der Waals surface area contributed by atoms with Crippen molar-refractivity contribution in [1.82, 2.24) is 4.31 Å². The SMILES string of the molecule is CCC(CO)N(CCC(=O)O)S(=O)(=O)c1ccccc1. The fourth-order valence-electron chi connectivity index (χ4n) is 1.86. The van der Waals surface area contributed by atoms with Crippen molar-refractivity contribution in [2.75, 3.05) is 13.2 Å². The van der Waals surface area contributed by atoms with Gasteiger partial charge in [0.05, 0.1) is 17.9 Å². The van der Waals surface area contributed by atoms with Gasteiger partial charge in [0.15, 0.2) is 0 Å². The van der Waals surface area contributed by atoms with E-state index in [1.54, 1.807) is 25.1 Å². The van der Waals surface area contributed by atoms with Crippen molar-refractivity contribution in [1.29, 1.82) is 0 Å². The number of hydrogen-bond donors (Lipinski definition) is 2. The molecule has 0 aromatic heterocycles. The van der Waals surface area contributed by atoms with Crippen LogP contribution in [-0.2, 0) is 14.8 Å². The zero-order chi connectivity index (χ0) is 15.2. The highest BCUT2D eigenvalue weighted by Crippen LogP contribution is 2.19. The number of sulfonamides is 1. The molecule has 0 spiro atoms. The Kier molecular flexibility index (Phi) is 6.12. The largest absolute Gasteiger partial charge is 0.481 e. The molecule has 0 heterocycles. The highest BCUT2D eigenvalue weighted by atomic mass is 32.2. The predicted molar refractivity (Wildman–Crippen MR) is 73.8 cm³/mol. The Bertz CT molecular complexity index is 525. The fourth-order valence-corrected chi connectivity index (χ4v) is 3.57. The van der Waals surface area contributed by atoms with Gasteiger partial charge in [-0.2, -0.15) is 4.31 Å². The Labute approximate surface area is 118 Å². The van der Waals surface area contributed by atoms with E-state index in [0.717, 1.165) is 4.31 Å². The molecule has 0 aliphatic heterocycles. The number of aliphatic hydroxyl groups is 1. The molecule has 6 nitrogen and oxygen atoms in total. The zero-order valence-corrected chi connectivity index (χ0v) is 12.1. The number of aliphatic hydroxyl groups excluding tert-OH is 1. The van der Waals surface area contributed by atoms with Gasteiger partial charge < -0.3 is 10.2 Å². The maximum Gasteiger partial charge on any atom is 0.304 e. The first-order valence-corrected chi connectivity index (χ1v) is 7.77. The van der Waals surface area contributed by atoms with Crippen molar-refractivity contribution in [3.8, 4) is 0 Å². The van der Waals surface area contributed by atoms with Crippen LogP contribution in [0.2, 0.25) is 0 Å². The number of benzene rings is 1. The fraction of sp³-hybridized carbons (Fsp3) is 0.462. The van der Waals surface area contributed by atoms with Gasteiger partial charge in [-0.1, -0.05) is 25.1 Å². The van der Waals surface area contributed by atoms with E-state index in [4.69, 9.17) is 5.11 Å². The summed E-state index contributed by atoms with van der Waals surface area (Å²) in [5.41, 5.74) is 0. The topological polar surface area (TPSA) is 94.9 Å². The van der Waals surface area contributed by atoms with Crippen LogP contribution < -0.4 is 0 Å². The molecule has 112 valence electrons. The van der Waals surface area contributed by atoms with E-state index >= 15 is 0 Å². The third-order valence-corrected chi connectivity index (χ3v) is 4.95.